The molecule has 7 heavy (non-hydrogen) atoms. The SMILES string of the molecule is C/C=C/COBO. The lowest BCUT2D eigenvalue weighted by Gasteiger charge is -1.87. The van der Waals surface area contributed by atoms with E-state index >= 15 is 0 Å². The van der Waals surface area contributed by atoms with Gasteiger partial charge in [0.2, 0.25) is 0 Å². The molecule has 0 aliphatic carbocycles. The van der Waals surface area contributed by atoms with Crippen LogP contribution in [-0.4, -0.2) is 19.3 Å². The van der Waals surface area contributed by atoms with Crippen LogP contribution >= 0.6 is 0 Å². The highest BCUT2D eigenvalue weighted by Crippen LogP contribution is 1.70. The highest BCUT2D eigenvalue weighted by Gasteiger charge is 1.75. The Kier molecular flexibility index (Phi) is 5.50. The van der Waals surface area contributed by atoms with Crippen LogP contribution in [0.4, 0.5) is 0 Å². The van der Waals surface area contributed by atoms with Crippen molar-refractivity contribution in [3.05, 3.63) is 12.2 Å². The third-order valence-corrected chi connectivity index (χ3v) is 0.541. The fourth-order valence-corrected chi connectivity index (χ4v) is 0.217. The minimum Gasteiger partial charge on any atom is -0.430 e. The van der Waals surface area contributed by atoms with Crippen molar-refractivity contribution in [2.45, 2.75) is 6.92 Å². The van der Waals surface area contributed by atoms with Crippen LogP contribution in [0.1, 0.15) is 6.92 Å². The van der Waals surface area contributed by atoms with Crippen LogP contribution in [0.25, 0.3) is 0 Å². The van der Waals surface area contributed by atoms with E-state index in [1.165, 1.54) is 0 Å². The van der Waals surface area contributed by atoms with Gasteiger partial charge in [-0.2, -0.15) is 0 Å². The van der Waals surface area contributed by atoms with Crippen LogP contribution in [-0.2, 0) is 4.65 Å². The molecule has 0 aliphatic rings. The second kappa shape index (κ2) is 5.72. The molecule has 0 saturated heterocycles. The maximum Gasteiger partial charge on any atom is 0.435 e. The summed E-state index contributed by atoms with van der Waals surface area (Å²) >= 11 is 0. The summed E-state index contributed by atoms with van der Waals surface area (Å²) in [4.78, 5) is 0. The molecule has 0 aromatic heterocycles. The fraction of sp³-hybridized carbons (Fsp3) is 0.500. The molecule has 0 amide bonds. The Morgan fingerprint density at radius 3 is 3.00 bits per heavy atom. The number of hydrogen-bond acceptors (Lipinski definition) is 2. The predicted molar refractivity (Wildman–Crippen MR) is 30.1 cm³/mol. The van der Waals surface area contributed by atoms with Crippen LogP contribution in [0.2, 0.25) is 0 Å². The van der Waals surface area contributed by atoms with Gasteiger partial charge >= 0.3 is 7.69 Å². The molecule has 1 N–H and O–H groups in total. The van der Waals surface area contributed by atoms with Crippen LogP contribution in [0.5, 0.6) is 0 Å². The van der Waals surface area contributed by atoms with Crippen LogP contribution in [0.15, 0.2) is 12.2 Å². The van der Waals surface area contributed by atoms with Gasteiger partial charge in [-0.3, -0.25) is 0 Å². The van der Waals surface area contributed by atoms with Crippen molar-refractivity contribution in [3.63, 3.8) is 0 Å². The minimum atomic E-state index is -0.190. The standard InChI is InChI=1S/C4H9BO2/c1-2-3-4-7-5-6/h2-3,5-6H,4H2,1H3/b3-2+. The largest absolute Gasteiger partial charge is 0.435 e. The van der Waals surface area contributed by atoms with Crippen LogP contribution in [0.3, 0.4) is 0 Å². The summed E-state index contributed by atoms with van der Waals surface area (Å²) in [6, 6.07) is 0. The van der Waals surface area contributed by atoms with Crippen molar-refractivity contribution in [1.82, 2.24) is 0 Å². The molecular weight excluding hydrogens is 90.9 g/mol. The summed E-state index contributed by atoms with van der Waals surface area (Å²) in [5.41, 5.74) is 0. The molecule has 0 aromatic carbocycles. The molecule has 0 heterocycles. The van der Waals surface area contributed by atoms with E-state index in [0.717, 1.165) is 0 Å². The molecular formula is C4H9BO2. The molecule has 0 bridgehead atoms. The Labute approximate surface area is 44.1 Å². The molecule has 0 aliphatic heterocycles. The van der Waals surface area contributed by atoms with E-state index < -0.39 is 0 Å². The first kappa shape index (κ1) is 6.72. The lowest BCUT2D eigenvalue weighted by atomic mass is 10.4. The van der Waals surface area contributed by atoms with Crippen LogP contribution < -0.4 is 0 Å². The number of allylic oxidation sites excluding steroid dienone is 1. The van der Waals surface area contributed by atoms with Crippen LogP contribution in [0, 0.1) is 0 Å². The smallest absolute Gasteiger partial charge is 0.430 e. The van der Waals surface area contributed by atoms with Gasteiger partial charge in [0.1, 0.15) is 0 Å². The quantitative estimate of drug-likeness (QED) is 0.303. The molecule has 0 rings (SSSR count). The molecule has 2 nitrogen and oxygen atoms in total. The molecule has 3 heteroatoms. The predicted octanol–water partition coefficient (Wildman–Crippen LogP) is -0.162. The van der Waals surface area contributed by atoms with E-state index in [-0.39, 0.29) is 7.69 Å². The summed E-state index contributed by atoms with van der Waals surface area (Å²) in [5, 5.41) is 8.04. The molecule has 0 aromatic rings. The number of rotatable bonds is 3. The third kappa shape index (κ3) is 5.72. The van der Waals surface area contributed by atoms with Crippen molar-refractivity contribution in [1.29, 1.82) is 0 Å². The molecule has 40 valence electrons. The zero-order chi connectivity index (χ0) is 5.54. The fourth-order valence-electron chi connectivity index (χ4n) is 0.217. The Morgan fingerprint density at radius 2 is 2.57 bits per heavy atom. The van der Waals surface area contributed by atoms with Gasteiger partial charge in [-0.1, -0.05) is 12.2 Å². The van der Waals surface area contributed by atoms with E-state index in [0.29, 0.717) is 6.61 Å². The van der Waals surface area contributed by atoms with Crippen molar-refractivity contribution >= 4 is 7.69 Å². The summed E-state index contributed by atoms with van der Waals surface area (Å²) in [7, 11) is -0.190. The first-order valence-corrected chi connectivity index (χ1v) is 2.21. The molecule has 0 atom stereocenters. The first-order chi connectivity index (χ1) is 3.41. The van der Waals surface area contributed by atoms with E-state index in [1.807, 2.05) is 19.1 Å². The van der Waals surface area contributed by atoms with Crippen molar-refractivity contribution in [3.8, 4) is 0 Å². The van der Waals surface area contributed by atoms with Gasteiger partial charge in [0.05, 0.1) is 0 Å². The maximum atomic E-state index is 8.04. The molecule has 0 radical (unpaired) electrons. The zero-order valence-corrected chi connectivity index (χ0v) is 4.42. The Bertz CT molecular complexity index is 53.7. The van der Waals surface area contributed by atoms with Gasteiger partial charge in [0, 0.05) is 6.61 Å². The van der Waals surface area contributed by atoms with Gasteiger partial charge in [-0.05, 0) is 6.92 Å². The average molecular weight is 99.9 g/mol. The summed E-state index contributed by atoms with van der Waals surface area (Å²) in [6.45, 7) is 2.41. The number of hydrogen-bond donors (Lipinski definition) is 1. The van der Waals surface area contributed by atoms with Gasteiger partial charge < -0.3 is 9.68 Å². The van der Waals surface area contributed by atoms with E-state index in [1.54, 1.807) is 0 Å². The van der Waals surface area contributed by atoms with Gasteiger partial charge in [0.15, 0.2) is 0 Å². The van der Waals surface area contributed by atoms with Crippen molar-refractivity contribution in [2.24, 2.45) is 0 Å². The lowest BCUT2D eigenvalue weighted by Crippen LogP contribution is -1.95. The second-order valence-corrected chi connectivity index (χ2v) is 1.07. The topological polar surface area (TPSA) is 29.5 Å². The monoisotopic (exact) mass is 100 g/mol. The highest BCUT2D eigenvalue weighted by atomic mass is 16.5. The highest BCUT2D eigenvalue weighted by molar-refractivity contribution is 6.15. The van der Waals surface area contributed by atoms with Gasteiger partial charge in [-0.15, -0.1) is 0 Å². The molecule has 0 spiro atoms. The minimum absolute atomic E-state index is 0.190. The van der Waals surface area contributed by atoms with Crippen molar-refractivity contribution in [2.75, 3.05) is 6.61 Å². The van der Waals surface area contributed by atoms with E-state index in [9.17, 15) is 0 Å². The van der Waals surface area contributed by atoms with Gasteiger partial charge in [-0.25, -0.2) is 0 Å². The third-order valence-electron chi connectivity index (χ3n) is 0.541. The molecule has 0 unspecified atom stereocenters. The normalized spacial score (nSPS) is 10.0. The Balaban J connectivity index is 2.69. The first-order valence-electron chi connectivity index (χ1n) is 2.21. The van der Waals surface area contributed by atoms with Crippen molar-refractivity contribution < 1.29 is 9.68 Å². The average Bonchev–Trinajstić information content (AvgIpc) is 1.69. The molecule has 0 fully saturated rings. The zero-order valence-electron chi connectivity index (χ0n) is 4.42. The summed E-state index contributed by atoms with van der Waals surface area (Å²) in [6.07, 6.45) is 3.70. The summed E-state index contributed by atoms with van der Waals surface area (Å²) < 4.78 is 4.54. The Hall–Kier alpha value is -0.275. The van der Waals surface area contributed by atoms with Gasteiger partial charge in [0.25, 0.3) is 0 Å². The Morgan fingerprint density at radius 1 is 1.86 bits per heavy atom. The van der Waals surface area contributed by atoms with E-state index in [4.69, 9.17) is 5.02 Å². The second-order valence-electron chi connectivity index (χ2n) is 1.07. The van der Waals surface area contributed by atoms with E-state index in [2.05, 4.69) is 4.65 Å². The maximum absolute atomic E-state index is 8.04. The molecule has 0 saturated carbocycles. The lowest BCUT2D eigenvalue weighted by molar-refractivity contribution is 0.320. The summed E-state index contributed by atoms with van der Waals surface area (Å²) in [5.74, 6) is 0.